The first kappa shape index (κ1) is 23.6. The van der Waals surface area contributed by atoms with Gasteiger partial charge in [-0.3, -0.25) is 9.59 Å². The maximum absolute atomic E-state index is 12.9. The van der Waals surface area contributed by atoms with Crippen LogP contribution in [-0.2, 0) is 22.4 Å². The van der Waals surface area contributed by atoms with Gasteiger partial charge in [0.2, 0.25) is 5.91 Å². The molecule has 1 saturated heterocycles. The minimum Gasteiger partial charge on any atom is -0.462 e. The van der Waals surface area contributed by atoms with Crippen LogP contribution in [0.15, 0.2) is 18.2 Å². The number of esters is 1. The second-order valence-corrected chi connectivity index (χ2v) is 10.4. The molecule has 0 bridgehead atoms. The summed E-state index contributed by atoms with van der Waals surface area (Å²) in [5.41, 5.74) is 3.76. The van der Waals surface area contributed by atoms with Crippen LogP contribution in [0.3, 0.4) is 0 Å². The van der Waals surface area contributed by atoms with E-state index in [9.17, 15) is 14.4 Å². The molecule has 4 rings (SSSR count). The topological polar surface area (TPSA) is 87.7 Å². The average Bonchev–Trinajstić information content (AvgIpc) is 3.39. The van der Waals surface area contributed by atoms with E-state index in [4.69, 9.17) is 4.74 Å². The van der Waals surface area contributed by atoms with Crippen molar-refractivity contribution >= 4 is 51.6 Å². The molecule has 1 aliphatic heterocycles. The molecule has 2 heterocycles. The van der Waals surface area contributed by atoms with Crippen LogP contribution in [0.1, 0.15) is 50.1 Å². The Labute approximate surface area is 202 Å². The summed E-state index contributed by atoms with van der Waals surface area (Å²) in [6.07, 6.45) is 2.79. The Balaban J connectivity index is 1.43. The number of rotatable bonds is 7. The van der Waals surface area contributed by atoms with Gasteiger partial charge in [-0.2, -0.15) is 11.8 Å². The monoisotopic (exact) mass is 487 g/mol. The second-order valence-electron chi connectivity index (χ2n) is 8.07. The van der Waals surface area contributed by atoms with E-state index in [0.717, 1.165) is 65.5 Å². The van der Waals surface area contributed by atoms with Crippen LogP contribution in [0.2, 0.25) is 0 Å². The molecule has 176 valence electrons. The van der Waals surface area contributed by atoms with Gasteiger partial charge < -0.3 is 20.3 Å². The number of carbonyl (C=O) groups excluding carboxylic acids is 3. The van der Waals surface area contributed by atoms with Crippen LogP contribution < -0.4 is 10.6 Å². The molecule has 33 heavy (non-hydrogen) atoms. The van der Waals surface area contributed by atoms with Crippen LogP contribution in [-0.4, -0.2) is 60.4 Å². The molecule has 2 N–H and O–H groups in total. The number of aryl methyl sites for hydroxylation is 1. The number of fused-ring (bicyclic) bond motifs is 1. The minimum absolute atomic E-state index is 0.0314. The van der Waals surface area contributed by atoms with Gasteiger partial charge in [0, 0.05) is 40.7 Å². The van der Waals surface area contributed by atoms with E-state index in [1.54, 1.807) is 6.92 Å². The SMILES string of the molecule is CCOC(=O)c1c(NC(=O)CNc2cccc(C(=O)N3CCSCC3)c2C)sc2c1CCC2. The van der Waals surface area contributed by atoms with E-state index >= 15 is 0 Å². The van der Waals surface area contributed by atoms with Gasteiger partial charge in [-0.05, 0) is 56.4 Å². The first-order chi connectivity index (χ1) is 16.0. The van der Waals surface area contributed by atoms with Gasteiger partial charge in [-0.1, -0.05) is 6.07 Å². The summed E-state index contributed by atoms with van der Waals surface area (Å²) in [6.45, 7) is 5.52. The number of amides is 2. The highest BCUT2D eigenvalue weighted by molar-refractivity contribution is 7.99. The molecule has 0 radical (unpaired) electrons. The Morgan fingerprint density at radius 1 is 1.15 bits per heavy atom. The molecule has 0 atom stereocenters. The van der Waals surface area contributed by atoms with Crippen LogP contribution >= 0.6 is 23.1 Å². The van der Waals surface area contributed by atoms with Crippen molar-refractivity contribution in [3.05, 3.63) is 45.3 Å². The summed E-state index contributed by atoms with van der Waals surface area (Å²) in [6, 6.07) is 5.54. The predicted octanol–water partition coefficient (Wildman–Crippen LogP) is 3.96. The number of hydrogen-bond acceptors (Lipinski definition) is 7. The Morgan fingerprint density at radius 3 is 2.70 bits per heavy atom. The lowest BCUT2D eigenvalue weighted by molar-refractivity contribution is -0.114. The van der Waals surface area contributed by atoms with Crippen LogP contribution in [0.4, 0.5) is 10.7 Å². The van der Waals surface area contributed by atoms with E-state index in [2.05, 4.69) is 10.6 Å². The highest BCUT2D eigenvalue weighted by atomic mass is 32.2. The average molecular weight is 488 g/mol. The van der Waals surface area contributed by atoms with Gasteiger partial charge in [0.15, 0.2) is 0 Å². The fraction of sp³-hybridized carbons (Fsp3) is 0.458. The largest absolute Gasteiger partial charge is 0.462 e. The molecule has 7 nitrogen and oxygen atoms in total. The van der Waals surface area contributed by atoms with Crippen LogP contribution in [0, 0.1) is 6.92 Å². The lowest BCUT2D eigenvalue weighted by Gasteiger charge is -2.27. The zero-order chi connectivity index (χ0) is 23.4. The van der Waals surface area contributed by atoms with Crippen molar-refractivity contribution in [2.24, 2.45) is 0 Å². The molecule has 1 aromatic heterocycles. The van der Waals surface area contributed by atoms with Crippen molar-refractivity contribution in [2.45, 2.75) is 33.1 Å². The summed E-state index contributed by atoms with van der Waals surface area (Å²) in [7, 11) is 0. The van der Waals surface area contributed by atoms with Gasteiger partial charge >= 0.3 is 5.97 Å². The normalized spacial score (nSPS) is 15.2. The first-order valence-corrected chi connectivity index (χ1v) is 13.3. The zero-order valence-corrected chi connectivity index (χ0v) is 20.6. The summed E-state index contributed by atoms with van der Waals surface area (Å²) in [5, 5.41) is 6.62. The Hall–Kier alpha value is -2.52. The highest BCUT2D eigenvalue weighted by Crippen LogP contribution is 2.39. The summed E-state index contributed by atoms with van der Waals surface area (Å²) in [5.74, 6) is 1.34. The third-order valence-corrected chi connectivity index (χ3v) is 8.11. The van der Waals surface area contributed by atoms with E-state index in [0.29, 0.717) is 22.7 Å². The quantitative estimate of drug-likeness (QED) is 0.575. The molecule has 0 saturated carbocycles. The number of carbonyl (C=O) groups is 3. The molecular formula is C24H29N3O4S2. The number of benzene rings is 1. The van der Waals surface area contributed by atoms with Crippen molar-refractivity contribution in [3.8, 4) is 0 Å². The van der Waals surface area contributed by atoms with Crippen molar-refractivity contribution in [3.63, 3.8) is 0 Å². The molecule has 9 heteroatoms. The molecule has 2 amide bonds. The third kappa shape index (κ3) is 5.19. The number of nitrogens with one attached hydrogen (secondary N) is 2. The Bertz CT molecular complexity index is 1060. The molecule has 1 aliphatic carbocycles. The Morgan fingerprint density at radius 2 is 1.94 bits per heavy atom. The molecule has 1 aromatic carbocycles. The number of thiophene rings is 1. The first-order valence-electron chi connectivity index (χ1n) is 11.3. The van der Waals surface area contributed by atoms with E-state index in [-0.39, 0.29) is 24.3 Å². The van der Waals surface area contributed by atoms with Gasteiger partial charge in [-0.15, -0.1) is 11.3 Å². The number of thioether (sulfide) groups is 1. The van der Waals surface area contributed by atoms with Gasteiger partial charge in [0.25, 0.3) is 5.91 Å². The maximum Gasteiger partial charge on any atom is 0.341 e. The lowest BCUT2D eigenvalue weighted by Crippen LogP contribution is -2.38. The van der Waals surface area contributed by atoms with Crippen molar-refractivity contribution in [1.82, 2.24) is 4.90 Å². The number of ether oxygens (including phenoxy) is 1. The van der Waals surface area contributed by atoms with E-state index < -0.39 is 0 Å². The molecular weight excluding hydrogens is 458 g/mol. The number of nitrogens with zero attached hydrogens (tertiary/aromatic N) is 1. The molecule has 0 spiro atoms. The van der Waals surface area contributed by atoms with Crippen molar-refractivity contribution in [1.29, 1.82) is 0 Å². The van der Waals surface area contributed by atoms with Gasteiger partial charge in [-0.25, -0.2) is 4.79 Å². The fourth-order valence-corrected chi connectivity index (χ4v) is 6.45. The zero-order valence-electron chi connectivity index (χ0n) is 19.0. The Kier molecular flexibility index (Phi) is 7.60. The van der Waals surface area contributed by atoms with E-state index in [1.165, 1.54) is 11.3 Å². The van der Waals surface area contributed by atoms with Gasteiger partial charge in [0.05, 0.1) is 18.7 Å². The van der Waals surface area contributed by atoms with E-state index in [1.807, 2.05) is 41.8 Å². The maximum atomic E-state index is 12.9. The second kappa shape index (κ2) is 10.6. The molecule has 0 unspecified atom stereocenters. The highest BCUT2D eigenvalue weighted by Gasteiger charge is 2.28. The smallest absolute Gasteiger partial charge is 0.341 e. The molecule has 2 aliphatic rings. The lowest BCUT2D eigenvalue weighted by atomic mass is 10.1. The minimum atomic E-state index is -0.377. The summed E-state index contributed by atoms with van der Waals surface area (Å²) in [4.78, 5) is 41.2. The molecule has 1 fully saturated rings. The van der Waals surface area contributed by atoms with Crippen molar-refractivity contribution in [2.75, 3.05) is 48.4 Å². The predicted molar refractivity (Wildman–Crippen MR) is 134 cm³/mol. The fourth-order valence-electron chi connectivity index (χ4n) is 4.25. The van der Waals surface area contributed by atoms with Crippen LogP contribution in [0.25, 0.3) is 0 Å². The van der Waals surface area contributed by atoms with Crippen molar-refractivity contribution < 1.29 is 19.1 Å². The molecule has 2 aromatic rings. The number of anilines is 2. The van der Waals surface area contributed by atoms with Gasteiger partial charge in [0.1, 0.15) is 5.00 Å². The third-order valence-electron chi connectivity index (χ3n) is 5.96. The van der Waals surface area contributed by atoms with Crippen LogP contribution in [0.5, 0.6) is 0 Å². The summed E-state index contributed by atoms with van der Waals surface area (Å²) < 4.78 is 5.23. The standard InChI is InChI=1S/C24H29N3O4S2/c1-3-31-24(30)21-17-7-5-9-19(17)33-22(21)26-20(28)14-25-18-8-4-6-16(15(18)2)23(29)27-10-12-32-13-11-27/h4,6,8,25H,3,5,7,9-14H2,1-2H3,(H,26,28). The summed E-state index contributed by atoms with van der Waals surface area (Å²) >= 11 is 3.33. The number of hydrogen-bond donors (Lipinski definition) is 2.